The predicted molar refractivity (Wildman–Crippen MR) is 139 cm³/mol. The summed E-state index contributed by atoms with van der Waals surface area (Å²) in [4.78, 5) is 25.8. The molecule has 7 fully saturated rings. The number of epoxide rings is 1. The van der Waals surface area contributed by atoms with E-state index in [-0.39, 0.29) is 68.7 Å². The van der Waals surface area contributed by atoms with Crippen LogP contribution in [0.2, 0.25) is 0 Å². The number of hydrogen-bond donors (Lipinski definition) is 0. The van der Waals surface area contributed by atoms with Gasteiger partial charge in [0.1, 0.15) is 12.2 Å². The lowest BCUT2D eigenvalue weighted by Gasteiger charge is -2.72. The van der Waals surface area contributed by atoms with Crippen LogP contribution in [0.3, 0.4) is 0 Å². The fourth-order valence-electron chi connectivity index (χ4n) is 12.5. The van der Waals surface area contributed by atoms with Crippen molar-refractivity contribution in [3.05, 3.63) is 0 Å². The van der Waals surface area contributed by atoms with Crippen molar-refractivity contribution in [2.45, 2.75) is 137 Å². The quantitative estimate of drug-likeness (QED) is 0.298. The molecule has 206 valence electrons. The molecule has 0 aromatic heterocycles. The van der Waals surface area contributed by atoms with Crippen molar-refractivity contribution >= 4 is 11.9 Å². The van der Waals surface area contributed by atoms with E-state index in [4.69, 9.17) is 14.2 Å². The molecule has 5 nitrogen and oxygen atoms in total. The molecule has 2 saturated heterocycles. The van der Waals surface area contributed by atoms with Crippen LogP contribution in [0, 0.1) is 50.2 Å². The van der Waals surface area contributed by atoms with Crippen molar-refractivity contribution in [3.63, 3.8) is 0 Å². The Bertz CT molecular complexity index is 1080. The molecule has 5 aliphatic carbocycles. The Kier molecular flexibility index (Phi) is 4.57. The van der Waals surface area contributed by atoms with Gasteiger partial charge < -0.3 is 14.2 Å². The van der Waals surface area contributed by atoms with Crippen molar-refractivity contribution in [1.29, 1.82) is 0 Å². The minimum Gasteiger partial charge on any atom is -0.462 e. The molecule has 5 saturated carbocycles. The van der Waals surface area contributed by atoms with Crippen molar-refractivity contribution in [3.8, 4) is 0 Å². The van der Waals surface area contributed by atoms with Crippen LogP contribution < -0.4 is 0 Å². The molecule has 2 heterocycles. The predicted octanol–water partition coefficient (Wildman–Crippen LogP) is 6.47. The van der Waals surface area contributed by atoms with Crippen LogP contribution in [0.4, 0.5) is 0 Å². The summed E-state index contributed by atoms with van der Waals surface area (Å²) in [6.45, 7) is 18.6. The van der Waals surface area contributed by atoms with E-state index in [1.54, 1.807) is 6.92 Å². The molecule has 0 aromatic rings. The van der Waals surface area contributed by atoms with E-state index >= 15 is 0 Å². The zero-order valence-electron chi connectivity index (χ0n) is 24.4. The van der Waals surface area contributed by atoms with E-state index < -0.39 is 5.60 Å². The molecule has 37 heavy (non-hydrogen) atoms. The molecule has 7 aliphatic rings. The van der Waals surface area contributed by atoms with Crippen molar-refractivity contribution in [2.75, 3.05) is 0 Å². The molecule has 5 heteroatoms. The lowest BCUT2D eigenvalue weighted by molar-refractivity contribution is -0.274. The molecule has 1 spiro atoms. The van der Waals surface area contributed by atoms with Crippen LogP contribution in [0.25, 0.3) is 0 Å². The van der Waals surface area contributed by atoms with E-state index in [0.717, 1.165) is 57.8 Å². The molecule has 0 radical (unpaired) electrons. The number of rotatable bonds is 1. The lowest BCUT2D eigenvalue weighted by Crippen LogP contribution is -2.74. The zero-order chi connectivity index (χ0) is 26.6. The Labute approximate surface area is 223 Å². The minimum absolute atomic E-state index is 0.0237. The highest BCUT2D eigenvalue weighted by atomic mass is 16.6. The topological polar surface area (TPSA) is 65.1 Å². The van der Waals surface area contributed by atoms with Crippen LogP contribution in [-0.2, 0) is 23.8 Å². The SMILES string of the molecule is CC(=O)O[C@H]1CC[C@]2(C)[C@H]3[C@@H]4O[C@@H]4[C@]45OC(=O)[C@@]6(CCC(C)(C)C[C@H]64)CC[C@@]5(C)[C@]3(C)CC[C@H]2C1(C)C. The van der Waals surface area contributed by atoms with E-state index in [9.17, 15) is 9.59 Å². The van der Waals surface area contributed by atoms with Gasteiger partial charge in [-0.05, 0) is 85.9 Å². The van der Waals surface area contributed by atoms with E-state index in [1.807, 2.05) is 0 Å². The van der Waals surface area contributed by atoms with Gasteiger partial charge in [0, 0.05) is 23.7 Å². The van der Waals surface area contributed by atoms with Gasteiger partial charge in [-0.25, -0.2) is 0 Å². The summed E-state index contributed by atoms with van der Waals surface area (Å²) >= 11 is 0. The fraction of sp³-hybridized carbons (Fsp3) is 0.938. The summed E-state index contributed by atoms with van der Waals surface area (Å²) in [5.74, 6) is 1.10. The number of carbonyl (C=O) groups excluding carboxylic acids is 2. The molecule has 11 atom stereocenters. The third-order valence-electron chi connectivity index (χ3n) is 14.5. The van der Waals surface area contributed by atoms with E-state index in [2.05, 4.69) is 48.5 Å². The Morgan fingerprint density at radius 1 is 0.892 bits per heavy atom. The second-order valence-corrected chi connectivity index (χ2v) is 16.6. The van der Waals surface area contributed by atoms with Crippen molar-refractivity contribution in [2.24, 2.45) is 50.2 Å². The average Bonchev–Trinajstić information content (AvgIpc) is 3.54. The van der Waals surface area contributed by atoms with Crippen LogP contribution in [0.15, 0.2) is 0 Å². The van der Waals surface area contributed by atoms with Crippen LogP contribution in [0.5, 0.6) is 0 Å². The minimum atomic E-state index is -0.483. The van der Waals surface area contributed by atoms with Gasteiger partial charge in [-0.2, -0.15) is 0 Å². The van der Waals surface area contributed by atoms with Crippen molar-refractivity contribution < 1.29 is 23.8 Å². The normalized spacial score (nSPS) is 58.0. The Morgan fingerprint density at radius 3 is 2.30 bits per heavy atom. The number of esters is 2. The van der Waals surface area contributed by atoms with Gasteiger partial charge in [-0.1, -0.05) is 48.5 Å². The first-order valence-electron chi connectivity index (χ1n) is 15.2. The summed E-state index contributed by atoms with van der Waals surface area (Å²) < 4.78 is 19.6. The maximum absolute atomic E-state index is 13.8. The highest BCUT2D eigenvalue weighted by Crippen LogP contribution is 2.83. The van der Waals surface area contributed by atoms with Gasteiger partial charge in [0.05, 0.1) is 11.5 Å². The molecule has 0 N–H and O–H groups in total. The monoisotopic (exact) mass is 512 g/mol. The molecular formula is C32H48O5. The highest BCUT2D eigenvalue weighted by molar-refractivity contribution is 5.82. The number of fused-ring (bicyclic) bond motifs is 6. The maximum atomic E-state index is 13.8. The first-order chi connectivity index (χ1) is 17.1. The second kappa shape index (κ2) is 6.78. The van der Waals surface area contributed by atoms with Gasteiger partial charge in [0.25, 0.3) is 0 Å². The molecule has 0 amide bonds. The lowest BCUT2D eigenvalue weighted by atomic mass is 9.31. The van der Waals surface area contributed by atoms with Crippen molar-refractivity contribution in [1.82, 2.24) is 0 Å². The first-order valence-corrected chi connectivity index (χ1v) is 15.2. The third kappa shape index (κ3) is 2.58. The number of ether oxygens (including phenoxy) is 3. The summed E-state index contributed by atoms with van der Waals surface area (Å²) in [6.07, 6.45) is 9.61. The molecule has 0 unspecified atom stereocenters. The largest absolute Gasteiger partial charge is 0.462 e. The first kappa shape index (κ1) is 24.9. The maximum Gasteiger partial charge on any atom is 0.313 e. The molecule has 2 aliphatic heterocycles. The third-order valence-corrected chi connectivity index (χ3v) is 14.5. The standard InChI is InChI=1S/C32H48O5/c1-18(33)35-21-10-11-28(6)19(27(21,4)5)9-12-29(7)23(28)22-24(36-22)32-20-17-26(2,3)13-15-31(20,25(34)37-32)16-14-30(29,32)8/h19-24H,9-17H2,1-8H3/t19-,20+,21-,22-,23+,24-,28-,29+,30-,31-,32+/m0/s1. The average molecular weight is 513 g/mol. The number of hydrogen-bond acceptors (Lipinski definition) is 5. The van der Waals surface area contributed by atoms with Gasteiger partial charge in [-0.3, -0.25) is 9.59 Å². The molecular weight excluding hydrogens is 464 g/mol. The molecule has 2 bridgehead atoms. The van der Waals surface area contributed by atoms with Crippen LogP contribution >= 0.6 is 0 Å². The molecule has 7 rings (SSSR count). The van der Waals surface area contributed by atoms with Gasteiger partial charge >= 0.3 is 11.9 Å². The second-order valence-electron chi connectivity index (χ2n) is 16.6. The Balaban J connectivity index is 1.33. The summed E-state index contributed by atoms with van der Waals surface area (Å²) in [5.41, 5.74) is -0.559. The summed E-state index contributed by atoms with van der Waals surface area (Å²) in [6, 6.07) is 0. The van der Waals surface area contributed by atoms with Gasteiger partial charge in [0.2, 0.25) is 0 Å². The van der Waals surface area contributed by atoms with Crippen LogP contribution in [0.1, 0.15) is 113 Å². The Hall–Kier alpha value is -1.10. The van der Waals surface area contributed by atoms with E-state index in [1.165, 1.54) is 0 Å². The highest BCUT2D eigenvalue weighted by Gasteiger charge is 2.89. The van der Waals surface area contributed by atoms with Gasteiger partial charge in [0.15, 0.2) is 5.60 Å². The summed E-state index contributed by atoms with van der Waals surface area (Å²) in [5, 5.41) is 0. The fourth-order valence-corrected chi connectivity index (χ4v) is 12.5. The molecule has 0 aromatic carbocycles. The number of carbonyl (C=O) groups is 2. The smallest absolute Gasteiger partial charge is 0.313 e. The summed E-state index contributed by atoms with van der Waals surface area (Å²) in [7, 11) is 0. The van der Waals surface area contributed by atoms with E-state index in [0.29, 0.717) is 11.8 Å². The van der Waals surface area contributed by atoms with Gasteiger partial charge in [-0.15, -0.1) is 0 Å². The zero-order valence-corrected chi connectivity index (χ0v) is 24.4. The Morgan fingerprint density at radius 2 is 1.59 bits per heavy atom. The van der Waals surface area contributed by atoms with Crippen LogP contribution in [-0.4, -0.2) is 35.9 Å².